The number of esters is 2. The summed E-state index contributed by atoms with van der Waals surface area (Å²) in [6, 6.07) is 7.88. The van der Waals surface area contributed by atoms with Crippen LogP contribution in [0.4, 0.5) is 5.69 Å². The van der Waals surface area contributed by atoms with Gasteiger partial charge in [-0.3, -0.25) is 14.5 Å². The lowest BCUT2D eigenvalue weighted by atomic mass is 9.45. The molecule has 4 heterocycles. The maximum absolute atomic E-state index is 13.8. The van der Waals surface area contributed by atoms with Crippen LogP contribution in [0.3, 0.4) is 0 Å². The number of para-hydroxylation sites is 1. The molecule has 1 aliphatic carbocycles. The van der Waals surface area contributed by atoms with Crippen LogP contribution in [0.1, 0.15) is 25.3 Å². The number of fused-ring (bicyclic) bond motifs is 3. The molecule has 1 saturated carbocycles. The van der Waals surface area contributed by atoms with Crippen LogP contribution in [0.25, 0.3) is 0 Å². The molecule has 7 nitrogen and oxygen atoms in total. The Labute approximate surface area is 176 Å². The van der Waals surface area contributed by atoms with Crippen molar-refractivity contribution in [1.29, 1.82) is 0 Å². The van der Waals surface area contributed by atoms with Gasteiger partial charge in [0.05, 0.1) is 25.7 Å². The van der Waals surface area contributed by atoms with E-state index in [1.54, 1.807) is 0 Å². The number of carbonyl (C=O) groups excluding carboxylic acids is 2. The summed E-state index contributed by atoms with van der Waals surface area (Å²) in [6.45, 7) is 3.18. The second-order valence-corrected chi connectivity index (χ2v) is 8.84. The van der Waals surface area contributed by atoms with Crippen LogP contribution in [-0.2, 0) is 24.5 Å². The molecule has 1 aromatic carbocycles. The molecular formula is C23H28N2O5. The first kappa shape index (κ1) is 19.6. The lowest BCUT2D eigenvalue weighted by Crippen LogP contribution is -2.78. The average molecular weight is 412 g/mol. The van der Waals surface area contributed by atoms with E-state index in [4.69, 9.17) is 9.47 Å². The van der Waals surface area contributed by atoms with Crippen LogP contribution < -0.4 is 4.90 Å². The second kappa shape index (κ2) is 6.08. The van der Waals surface area contributed by atoms with Gasteiger partial charge in [-0.25, -0.2) is 0 Å². The third-order valence-electron chi connectivity index (χ3n) is 8.43. The number of ether oxygens (including phenoxy) is 2. The van der Waals surface area contributed by atoms with Crippen LogP contribution in [0, 0.1) is 11.3 Å². The summed E-state index contributed by atoms with van der Waals surface area (Å²) >= 11 is 0. The molecule has 4 aliphatic heterocycles. The van der Waals surface area contributed by atoms with Crippen molar-refractivity contribution in [2.24, 2.45) is 11.3 Å². The molecule has 0 amide bonds. The van der Waals surface area contributed by atoms with Crippen LogP contribution in [0.2, 0.25) is 0 Å². The minimum atomic E-state index is -1.58. The Balaban J connectivity index is 1.99. The van der Waals surface area contributed by atoms with E-state index in [9.17, 15) is 14.7 Å². The van der Waals surface area contributed by atoms with Gasteiger partial charge in [-0.05, 0) is 31.4 Å². The molecule has 1 spiro atoms. The summed E-state index contributed by atoms with van der Waals surface area (Å²) in [4.78, 5) is 31.9. The highest BCUT2D eigenvalue weighted by Gasteiger charge is 2.86. The molecule has 6 rings (SSSR count). The maximum Gasteiger partial charge on any atom is 0.324 e. The summed E-state index contributed by atoms with van der Waals surface area (Å²) in [6.07, 6.45) is 2.09. The summed E-state index contributed by atoms with van der Waals surface area (Å²) < 4.78 is 10.7. The predicted molar refractivity (Wildman–Crippen MR) is 110 cm³/mol. The minimum absolute atomic E-state index is 0.292. The van der Waals surface area contributed by atoms with Crippen molar-refractivity contribution in [1.82, 2.24) is 4.90 Å². The van der Waals surface area contributed by atoms with Crippen LogP contribution in [0.15, 0.2) is 35.9 Å². The number of allylic oxidation sites excluding steroid dienone is 1. The van der Waals surface area contributed by atoms with E-state index >= 15 is 0 Å². The van der Waals surface area contributed by atoms with Crippen LogP contribution in [0.5, 0.6) is 0 Å². The Hall–Kier alpha value is -2.38. The van der Waals surface area contributed by atoms with Crippen molar-refractivity contribution >= 4 is 17.6 Å². The number of aliphatic hydroxyl groups is 1. The molecule has 4 bridgehead atoms. The summed E-state index contributed by atoms with van der Waals surface area (Å²) in [7, 11) is 4.62. The quantitative estimate of drug-likeness (QED) is 0.447. The second-order valence-electron chi connectivity index (χ2n) is 8.84. The van der Waals surface area contributed by atoms with E-state index in [0.29, 0.717) is 25.9 Å². The van der Waals surface area contributed by atoms with Crippen LogP contribution in [-0.4, -0.2) is 68.1 Å². The van der Waals surface area contributed by atoms with Crippen molar-refractivity contribution in [2.45, 2.75) is 36.9 Å². The number of carbonyl (C=O) groups is 2. The molecule has 1 aromatic rings. The van der Waals surface area contributed by atoms with E-state index in [-0.39, 0.29) is 0 Å². The Morgan fingerprint density at radius 2 is 1.87 bits per heavy atom. The molecule has 0 radical (unpaired) electrons. The first-order chi connectivity index (χ1) is 14.4. The van der Waals surface area contributed by atoms with Crippen molar-refractivity contribution < 1.29 is 24.2 Å². The normalized spacial score (nSPS) is 38.8. The molecule has 5 aliphatic rings. The number of methoxy groups -OCH3 is 2. The Bertz CT molecular complexity index is 958. The lowest BCUT2D eigenvalue weighted by Gasteiger charge is -2.60. The molecule has 3 saturated heterocycles. The van der Waals surface area contributed by atoms with Crippen molar-refractivity contribution in [3.05, 3.63) is 41.5 Å². The van der Waals surface area contributed by atoms with Gasteiger partial charge in [0.15, 0.2) is 5.41 Å². The standard InChI is InChI=1S/C23H28N2O5/c1-5-14-13-25-11-10-21-15-8-6-7-9-17(15)24(2)23(21,25)18(26)12-16(14)22(21,19(27)29-3)20(28)30-4/h5-9,16,18,26H,10-13H2,1-4H3/b14-5-/t16?,18?,21-,23-/m0/s1. The molecule has 4 fully saturated rings. The van der Waals surface area contributed by atoms with Crippen molar-refractivity contribution in [2.75, 3.05) is 39.3 Å². The first-order valence-corrected chi connectivity index (χ1v) is 10.5. The van der Waals surface area contributed by atoms with E-state index in [0.717, 1.165) is 16.8 Å². The fourth-order valence-corrected chi connectivity index (χ4v) is 7.64. The van der Waals surface area contributed by atoms with Gasteiger partial charge in [0.1, 0.15) is 5.66 Å². The van der Waals surface area contributed by atoms with Gasteiger partial charge in [0, 0.05) is 31.7 Å². The molecule has 5 atom stereocenters. The van der Waals surface area contributed by atoms with Gasteiger partial charge >= 0.3 is 11.9 Å². The van der Waals surface area contributed by atoms with Crippen molar-refractivity contribution in [3.8, 4) is 0 Å². The van der Waals surface area contributed by atoms with Gasteiger partial charge in [0.25, 0.3) is 0 Å². The highest BCUT2D eigenvalue weighted by atomic mass is 16.5. The molecule has 30 heavy (non-hydrogen) atoms. The monoisotopic (exact) mass is 412 g/mol. The first-order valence-electron chi connectivity index (χ1n) is 10.5. The number of benzene rings is 1. The maximum atomic E-state index is 13.8. The van der Waals surface area contributed by atoms with E-state index in [2.05, 4.69) is 9.80 Å². The Kier molecular flexibility index (Phi) is 3.97. The molecule has 1 N–H and O–H groups in total. The van der Waals surface area contributed by atoms with Gasteiger partial charge < -0.3 is 19.5 Å². The highest BCUT2D eigenvalue weighted by Crippen LogP contribution is 2.74. The SMILES string of the molecule is C/C=C1/CN2CC[C@@]34c5ccccc5N(C)[C@@]23C(O)CC1C4(C(=O)OC)C(=O)OC. The summed E-state index contributed by atoms with van der Waals surface area (Å²) in [5, 5.41) is 11.7. The van der Waals surface area contributed by atoms with Gasteiger partial charge in [-0.1, -0.05) is 29.8 Å². The number of nitrogens with zero attached hydrogens (tertiary/aromatic N) is 2. The zero-order chi connectivity index (χ0) is 21.5. The zero-order valence-corrected chi connectivity index (χ0v) is 17.8. The topological polar surface area (TPSA) is 79.3 Å². The molecule has 0 aromatic heterocycles. The molecule has 3 unspecified atom stereocenters. The van der Waals surface area contributed by atoms with Gasteiger partial charge in [-0.15, -0.1) is 0 Å². The fourth-order valence-electron chi connectivity index (χ4n) is 7.64. The zero-order valence-electron chi connectivity index (χ0n) is 17.8. The van der Waals surface area contributed by atoms with Gasteiger partial charge in [-0.2, -0.15) is 0 Å². The predicted octanol–water partition coefficient (Wildman–Crippen LogP) is 1.45. The van der Waals surface area contributed by atoms with Gasteiger partial charge in [0.2, 0.25) is 0 Å². The summed E-state index contributed by atoms with van der Waals surface area (Å²) in [5.41, 5.74) is -0.682. The third-order valence-corrected chi connectivity index (χ3v) is 8.43. The lowest BCUT2D eigenvalue weighted by molar-refractivity contribution is -0.196. The molecule has 160 valence electrons. The molecular weight excluding hydrogens is 384 g/mol. The van der Waals surface area contributed by atoms with E-state index in [1.807, 2.05) is 44.3 Å². The number of likely N-dealkylation sites (N-methyl/N-ethyl adjacent to an activating group) is 1. The molecule has 7 heteroatoms. The smallest absolute Gasteiger partial charge is 0.324 e. The van der Waals surface area contributed by atoms with Crippen LogP contribution >= 0.6 is 0 Å². The highest BCUT2D eigenvalue weighted by molar-refractivity contribution is 6.05. The number of aliphatic hydroxyl groups excluding tert-OH is 1. The van der Waals surface area contributed by atoms with E-state index in [1.165, 1.54) is 14.2 Å². The Morgan fingerprint density at radius 1 is 1.20 bits per heavy atom. The van der Waals surface area contributed by atoms with E-state index < -0.39 is 40.5 Å². The minimum Gasteiger partial charge on any atom is -0.468 e. The number of hydrogen-bond acceptors (Lipinski definition) is 7. The number of hydrogen-bond donors (Lipinski definition) is 1. The third kappa shape index (κ3) is 1.66. The summed E-state index contributed by atoms with van der Waals surface area (Å²) in [5.74, 6) is -1.66. The number of rotatable bonds is 2. The Morgan fingerprint density at radius 3 is 2.50 bits per heavy atom. The fraction of sp³-hybridized carbons (Fsp3) is 0.565. The number of anilines is 1. The average Bonchev–Trinajstić information content (AvgIpc) is 3.15. The van der Waals surface area contributed by atoms with Crippen molar-refractivity contribution in [3.63, 3.8) is 0 Å². The largest absolute Gasteiger partial charge is 0.468 e.